The molecule has 2 heteroatoms. The van der Waals surface area contributed by atoms with Gasteiger partial charge in [-0.2, -0.15) is 0 Å². The van der Waals surface area contributed by atoms with Gasteiger partial charge in [-0.05, 0) is 25.2 Å². The first-order valence-electron chi connectivity index (χ1n) is 5.11. The molecule has 4 saturated heterocycles. The standard InChI is InChI=1S/C10H15NO/c12-10-6-11-5-7-2-1-3-8(11)4-9(7)10/h7-9H,1-6H2/t7-,8-,9+/m0/s1. The molecule has 0 spiro atoms. The molecule has 5 aliphatic rings. The molecule has 0 aromatic carbocycles. The Balaban J connectivity index is 1.97. The Kier molecular flexibility index (Phi) is 1.37. The van der Waals surface area contributed by atoms with Crippen molar-refractivity contribution in [2.45, 2.75) is 31.7 Å². The van der Waals surface area contributed by atoms with Crippen LogP contribution in [0, 0.1) is 11.8 Å². The summed E-state index contributed by atoms with van der Waals surface area (Å²) in [5.74, 6) is 1.72. The molecule has 5 fully saturated rings. The van der Waals surface area contributed by atoms with Gasteiger partial charge in [0.15, 0.2) is 0 Å². The number of fused-ring (bicyclic) bond motifs is 3. The van der Waals surface area contributed by atoms with Gasteiger partial charge in [0.1, 0.15) is 5.78 Å². The third-order valence-corrected chi connectivity index (χ3v) is 3.97. The van der Waals surface area contributed by atoms with E-state index in [2.05, 4.69) is 4.90 Å². The lowest BCUT2D eigenvalue weighted by atomic mass is 9.76. The van der Waals surface area contributed by atoms with Crippen molar-refractivity contribution in [1.29, 1.82) is 0 Å². The minimum absolute atomic E-state index is 0.461. The zero-order chi connectivity index (χ0) is 8.13. The van der Waals surface area contributed by atoms with Gasteiger partial charge in [0.2, 0.25) is 0 Å². The molecule has 0 N–H and O–H groups in total. The molecule has 0 amide bonds. The van der Waals surface area contributed by atoms with Gasteiger partial charge in [0.25, 0.3) is 0 Å². The van der Waals surface area contributed by atoms with Crippen molar-refractivity contribution in [3.8, 4) is 0 Å². The highest BCUT2D eigenvalue weighted by Crippen LogP contribution is 2.41. The van der Waals surface area contributed by atoms with Crippen LogP contribution in [0.3, 0.4) is 0 Å². The van der Waals surface area contributed by atoms with Gasteiger partial charge in [0.05, 0.1) is 6.54 Å². The molecule has 5 rings (SSSR count). The summed E-state index contributed by atoms with van der Waals surface area (Å²) in [6.07, 6.45) is 5.20. The number of piperidine rings is 3. The molecule has 4 aliphatic heterocycles. The van der Waals surface area contributed by atoms with Crippen LogP contribution in [-0.4, -0.2) is 29.8 Å². The minimum Gasteiger partial charge on any atom is -0.298 e. The Hall–Kier alpha value is -0.370. The second-order valence-electron chi connectivity index (χ2n) is 4.58. The van der Waals surface area contributed by atoms with Crippen LogP contribution in [0.25, 0.3) is 0 Å². The van der Waals surface area contributed by atoms with E-state index < -0.39 is 0 Å². The normalized spacial score (nSPS) is 51.2. The number of ketones is 1. The van der Waals surface area contributed by atoms with Crippen molar-refractivity contribution in [2.24, 2.45) is 11.8 Å². The quantitative estimate of drug-likeness (QED) is 0.535. The Bertz CT molecular complexity index is 226. The topological polar surface area (TPSA) is 20.3 Å². The lowest BCUT2D eigenvalue weighted by molar-refractivity contribution is -0.136. The molecule has 66 valence electrons. The van der Waals surface area contributed by atoms with Crippen LogP contribution in [-0.2, 0) is 4.79 Å². The van der Waals surface area contributed by atoms with E-state index in [9.17, 15) is 4.79 Å². The van der Waals surface area contributed by atoms with Gasteiger partial charge >= 0.3 is 0 Å². The van der Waals surface area contributed by atoms with Crippen LogP contribution >= 0.6 is 0 Å². The first kappa shape index (κ1) is 7.07. The predicted molar refractivity (Wildman–Crippen MR) is 45.8 cm³/mol. The second-order valence-corrected chi connectivity index (χ2v) is 4.58. The number of hydrogen-bond acceptors (Lipinski definition) is 2. The van der Waals surface area contributed by atoms with Gasteiger partial charge in [-0.25, -0.2) is 0 Å². The highest BCUT2D eigenvalue weighted by molar-refractivity contribution is 5.85. The Morgan fingerprint density at radius 3 is 3.08 bits per heavy atom. The molecule has 1 saturated carbocycles. The number of carbonyl (C=O) groups is 1. The van der Waals surface area contributed by atoms with Crippen molar-refractivity contribution in [1.82, 2.24) is 4.90 Å². The average Bonchev–Trinajstić information content (AvgIpc) is 2.33. The van der Waals surface area contributed by atoms with Crippen LogP contribution in [0.4, 0.5) is 0 Å². The van der Waals surface area contributed by atoms with Crippen LogP contribution in [0.1, 0.15) is 25.7 Å². The van der Waals surface area contributed by atoms with E-state index in [1.807, 2.05) is 0 Å². The summed E-state index contributed by atoms with van der Waals surface area (Å²) in [6.45, 7) is 1.99. The SMILES string of the molecule is O=C1CN2C[C@@H]3CCC[C@H]2C[C@@H]13. The van der Waals surface area contributed by atoms with Crippen LogP contribution in [0.5, 0.6) is 0 Å². The van der Waals surface area contributed by atoms with E-state index in [4.69, 9.17) is 0 Å². The molecule has 4 heterocycles. The fourth-order valence-corrected chi connectivity index (χ4v) is 3.33. The zero-order valence-electron chi connectivity index (χ0n) is 7.33. The van der Waals surface area contributed by atoms with E-state index in [-0.39, 0.29) is 0 Å². The number of rotatable bonds is 0. The largest absolute Gasteiger partial charge is 0.298 e. The third kappa shape index (κ3) is 0.817. The molecular formula is C10H15NO. The summed E-state index contributed by atoms with van der Waals surface area (Å²) in [6, 6.07) is 0.770. The number of hydrogen-bond donors (Lipinski definition) is 0. The fourth-order valence-electron chi connectivity index (χ4n) is 3.33. The number of Topliss-reactive ketones (excluding diaryl/α,β-unsaturated/α-hetero) is 1. The van der Waals surface area contributed by atoms with Gasteiger partial charge in [-0.1, -0.05) is 6.42 Å². The van der Waals surface area contributed by atoms with Crippen LogP contribution in [0.2, 0.25) is 0 Å². The van der Waals surface area contributed by atoms with Gasteiger partial charge < -0.3 is 0 Å². The van der Waals surface area contributed by atoms with Crippen LogP contribution < -0.4 is 0 Å². The van der Waals surface area contributed by atoms with Crippen molar-refractivity contribution in [2.75, 3.05) is 13.1 Å². The summed E-state index contributed by atoms with van der Waals surface area (Å²) in [5.41, 5.74) is 0. The lowest BCUT2D eigenvalue weighted by Crippen LogP contribution is -2.56. The highest BCUT2D eigenvalue weighted by atomic mass is 16.1. The molecular weight excluding hydrogens is 150 g/mol. The first-order valence-corrected chi connectivity index (χ1v) is 5.11. The Morgan fingerprint density at radius 1 is 1.33 bits per heavy atom. The highest BCUT2D eigenvalue weighted by Gasteiger charge is 2.46. The third-order valence-electron chi connectivity index (χ3n) is 3.97. The molecule has 12 heavy (non-hydrogen) atoms. The van der Waals surface area contributed by atoms with E-state index in [0.717, 1.165) is 18.5 Å². The molecule has 0 radical (unpaired) electrons. The van der Waals surface area contributed by atoms with E-state index >= 15 is 0 Å². The molecule has 0 aromatic rings. The Morgan fingerprint density at radius 2 is 2.25 bits per heavy atom. The van der Waals surface area contributed by atoms with Crippen molar-refractivity contribution < 1.29 is 4.79 Å². The fraction of sp³-hybridized carbons (Fsp3) is 0.900. The van der Waals surface area contributed by atoms with E-state index in [1.54, 1.807) is 0 Å². The molecule has 1 unspecified atom stereocenters. The summed E-state index contributed by atoms with van der Waals surface area (Å²) in [7, 11) is 0. The first-order chi connectivity index (χ1) is 5.84. The molecule has 1 aliphatic carbocycles. The molecule has 2 nitrogen and oxygen atoms in total. The van der Waals surface area contributed by atoms with E-state index in [1.165, 1.54) is 32.2 Å². The minimum atomic E-state index is 0.461. The smallest absolute Gasteiger partial charge is 0.150 e. The monoisotopic (exact) mass is 165 g/mol. The summed E-state index contributed by atoms with van der Waals surface area (Å²) in [5, 5.41) is 0. The van der Waals surface area contributed by atoms with Gasteiger partial charge in [-0.15, -0.1) is 0 Å². The van der Waals surface area contributed by atoms with Crippen molar-refractivity contribution in [3.05, 3.63) is 0 Å². The van der Waals surface area contributed by atoms with Gasteiger partial charge in [-0.3, -0.25) is 9.69 Å². The number of nitrogens with zero attached hydrogens (tertiary/aromatic N) is 1. The molecule has 0 aromatic heterocycles. The van der Waals surface area contributed by atoms with Crippen LogP contribution in [0.15, 0.2) is 0 Å². The van der Waals surface area contributed by atoms with Crippen molar-refractivity contribution >= 4 is 5.78 Å². The summed E-state index contributed by atoms with van der Waals surface area (Å²) >= 11 is 0. The number of carbonyl (C=O) groups excluding carboxylic acids is 1. The summed E-state index contributed by atoms with van der Waals surface area (Å²) < 4.78 is 0. The average molecular weight is 165 g/mol. The maximum Gasteiger partial charge on any atom is 0.150 e. The maximum absolute atomic E-state index is 11.6. The second kappa shape index (κ2) is 2.32. The Labute approximate surface area is 72.9 Å². The lowest BCUT2D eigenvalue weighted by Gasteiger charge is -2.46. The van der Waals surface area contributed by atoms with Crippen molar-refractivity contribution in [3.63, 3.8) is 0 Å². The summed E-state index contributed by atoms with van der Waals surface area (Å²) in [4.78, 5) is 14.0. The predicted octanol–water partition coefficient (Wildman–Crippen LogP) is 1.06. The molecule has 4 bridgehead atoms. The maximum atomic E-state index is 11.6. The van der Waals surface area contributed by atoms with E-state index in [0.29, 0.717) is 11.7 Å². The molecule has 4 atom stereocenters. The zero-order valence-corrected chi connectivity index (χ0v) is 7.33. The van der Waals surface area contributed by atoms with Gasteiger partial charge in [0, 0.05) is 18.5 Å².